The zero-order chi connectivity index (χ0) is 17.1. The van der Waals surface area contributed by atoms with Gasteiger partial charge in [-0.25, -0.2) is 0 Å². The number of rotatable bonds is 4. The van der Waals surface area contributed by atoms with Gasteiger partial charge in [0.15, 0.2) is 0 Å². The Morgan fingerprint density at radius 3 is 2.56 bits per heavy atom. The van der Waals surface area contributed by atoms with Gasteiger partial charge in [-0.1, -0.05) is 6.92 Å². The second kappa shape index (κ2) is 7.58. The predicted molar refractivity (Wildman–Crippen MR) is 102 cm³/mol. The monoisotopic (exact) mass is 341 g/mol. The van der Waals surface area contributed by atoms with Crippen LogP contribution in [0, 0.1) is 5.92 Å². The molecule has 1 unspecified atom stereocenters. The largest absolute Gasteiger partial charge is 0.379 e. The average molecular weight is 341 g/mol. The predicted octanol–water partition coefficient (Wildman–Crippen LogP) is 3.07. The van der Waals surface area contributed by atoms with Gasteiger partial charge in [0.2, 0.25) is 0 Å². The summed E-state index contributed by atoms with van der Waals surface area (Å²) in [7, 11) is 0. The summed E-state index contributed by atoms with van der Waals surface area (Å²) < 4.78 is 11.1. The van der Waals surface area contributed by atoms with Crippen LogP contribution < -0.4 is 9.80 Å². The lowest BCUT2D eigenvalue weighted by molar-refractivity contribution is 0.122. The maximum atomic E-state index is 5.67. The number of allylic oxidation sites excluding steroid dienone is 1. The van der Waals surface area contributed by atoms with Crippen molar-refractivity contribution < 1.29 is 9.47 Å². The highest BCUT2D eigenvalue weighted by Crippen LogP contribution is 2.32. The third-order valence-electron chi connectivity index (χ3n) is 5.18. The van der Waals surface area contributed by atoms with Crippen molar-refractivity contribution in [1.82, 2.24) is 0 Å². The van der Waals surface area contributed by atoms with Gasteiger partial charge in [-0.15, -0.1) is 0 Å². The van der Waals surface area contributed by atoms with Gasteiger partial charge in [-0.3, -0.25) is 4.99 Å². The van der Waals surface area contributed by atoms with Crippen molar-refractivity contribution in [3.8, 4) is 0 Å². The SMILES string of the molecule is CC1C=NC=C(N(c2ccc(N3CCOCC3)cc2)[C@H]2CCOC2)C1. The third-order valence-corrected chi connectivity index (χ3v) is 5.18. The summed E-state index contributed by atoms with van der Waals surface area (Å²) in [5.41, 5.74) is 3.81. The van der Waals surface area contributed by atoms with Gasteiger partial charge < -0.3 is 19.3 Å². The molecule has 134 valence electrons. The minimum atomic E-state index is 0.404. The van der Waals surface area contributed by atoms with E-state index in [0.717, 1.165) is 52.4 Å². The second-order valence-electron chi connectivity index (χ2n) is 7.10. The second-order valence-corrected chi connectivity index (χ2v) is 7.10. The lowest BCUT2D eigenvalue weighted by Gasteiger charge is -2.35. The van der Waals surface area contributed by atoms with Crippen molar-refractivity contribution >= 4 is 17.6 Å². The Morgan fingerprint density at radius 2 is 1.88 bits per heavy atom. The number of hydrogen-bond donors (Lipinski definition) is 0. The van der Waals surface area contributed by atoms with Gasteiger partial charge in [0.25, 0.3) is 0 Å². The molecule has 4 rings (SSSR count). The van der Waals surface area contributed by atoms with Gasteiger partial charge in [-0.2, -0.15) is 0 Å². The first kappa shape index (κ1) is 16.6. The first-order chi connectivity index (χ1) is 12.3. The maximum absolute atomic E-state index is 5.67. The van der Waals surface area contributed by atoms with Gasteiger partial charge in [0.1, 0.15) is 0 Å². The summed E-state index contributed by atoms with van der Waals surface area (Å²) in [6, 6.07) is 9.36. The van der Waals surface area contributed by atoms with Crippen molar-refractivity contribution in [3.05, 3.63) is 36.2 Å². The van der Waals surface area contributed by atoms with E-state index in [4.69, 9.17) is 9.47 Å². The van der Waals surface area contributed by atoms with Crippen molar-refractivity contribution in [2.75, 3.05) is 49.3 Å². The summed E-state index contributed by atoms with van der Waals surface area (Å²) >= 11 is 0. The molecule has 5 heteroatoms. The molecule has 2 fully saturated rings. The van der Waals surface area contributed by atoms with Gasteiger partial charge in [-0.05, 0) is 43.0 Å². The molecule has 0 N–H and O–H groups in total. The van der Waals surface area contributed by atoms with E-state index in [1.54, 1.807) is 0 Å². The molecule has 0 bridgehead atoms. The number of hydrogen-bond acceptors (Lipinski definition) is 5. The van der Waals surface area contributed by atoms with Crippen LogP contribution in [0.2, 0.25) is 0 Å². The zero-order valence-electron chi connectivity index (χ0n) is 14.9. The van der Waals surface area contributed by atoms with Crippen molar-refractivity contribution in [1.29, 1.82) is 0 Å². The van der Waals surface area contributed by atoms with Crippen LogP contribution in [-0.4, -0.2) is 51.8 Å². The van der Waals surface area contributed by atoms with E-state index in [0.29, 0.717) is 12.0 Å². The lowest BCUT2D eigenvalue weighted by Crippen LogP contribution is -2.37. The Kier molecular flexibility index (Phi) is 5.04. The fraction of sp³-hybridized carbons (Fsp3) is 0.550. The molecular formula is C20H27N3O2. The molecule has 25 heavy (non-hydrogen) atoms. The van der Waals surface area contributed by atoms with E-state index in [1.165, 1.54) is 17.1 Å². The standard InChI is InChI=1S/C20H27N3O2/c1-16-12-20(14-21-13-16)23(19-6-9-25-15-19)18-4-2-17(3-5-18)22-7-10-24-11-8-22/h2-5,13-14,16,19H,6-12,15H2,1H3/t16?,19-/m0/s1. The summed E-state index contributed by atoms with van der Waals surface area (Å²) in [6.07, 6.45) is 6.16. The van der Waals surface area contributed by atoms with E-state index in [2.05, 4.69) is 46.0 Å². The summed E-state index contributed by atoms with van der Waals surface area (Å²) in [5.74, 6) is 0.484. The van der Waals surface area contributed by atoms with Crippen LogP contribution >= 0.6 is 0 Å². The Balaban J connectivity index is 1.58. The van der Waals surface area contributed by atoms with Gasteiger partial charge >= 0.3 is 0 Å². The Labute approximate surface area is 149 Å². The molecule has 0 saturated carbocycles. The summed E-state index contributed by atoms with van der Waals surface area (Å²) in [5, 5.41) is 0. The number of ether oxygens (including phenoxy) is 2. The van der Waals surface area contributed by atoms with Crippen molar-refractivity contribution in [3.63, 3.8) is 0 Å². The molecule has 3 aliphatic heterocycles. The molecule has 1 aromatic carbocycles. The average Bonchev–Trinajstić information content (AvgIpc) is 3.18. The molecule has 0 spiro atoms. The van der Waals surface area contributed by atoms with Crippen molar-refractivity contribution in [2.24, 2.45) is 10.9 Å². The van der Waals surface area contributed by atoms with Crippen LogP contribution in [0.3, 0.4) is 0 Å². The minimum Gasteiger partial charge on any atom is -0.379 e. The first-order valence-electron chi connectivity index (χ1n) is 9.33. The van der Waals surface area contributed by atoms with Gasteiger partial charge in [0.05, 0.1) is 25.9 Å². The number of benzene rings is 1. The number of morpholine rings is 1. The number of anilines is 2. The molecule has 1 aromatic rings. The highest BCUT2D eigenvalue weighted by molar-refractivity contribution is 5.66. The van der Waals surface area contributed by atoms with Crippen LogP contribution in [0.5, 0.6) is 0 Å². The van der Waals surface area contributed by atoms with E-state index in [9.17, 15) is 0 Å². The van der Waals surface area contributed by atoms with Crippen LogP contribution in [-0.2, 0) is 9.47 Å². The molecule has 0 amide bonds. The third kappa shape index (κ3) is 3.72. The summed E-state index contributed by atoms with van der Waals surface area (Å²) in [4.78, 5) is 9.30. The van der Waals surface area contributed by atoms with E-state index >= 15 is 0 Å². The minimum absolute atomic E-state index is 0.404. The van der Waals surface area contributed by atoms with Gasteiger partial charge in [0, 0.05) is 49.2 Å². The van der Waals surface area contributed by atoms with Crippen LogP contribution in [0.4, 0.5) is 11.4 Å². The van der Waals surface area contributed by atoms with Crippen molar-refractivity contribution in [2.45, 2.75) is 25.8 Å². The smallest absolute Gasteiger partial charge is 0.0674 e. The zero-order valence-corrected chi connectivity index (χ0v) is 14.9. The molecule has 2 saturated heterocycles. The number of nitrogens with zero attached hydrogens (tertiary/aromatic N) is 3. The first-order valence-corrected chi connectivity index (χ1v) is 9.33. The molecule has 0 aromatic heterocycles. The highest BCUT2D eigenvalue weighted by Gasteiger charge is 2.28. The maximum Gasteiger partial charge on any atom is 0.0674 e. The Morgan fingerprint density at radius 1 is 1.08 bits per heavy atom. The molecule has 0 radical (unpaired) electrons. The molecule has 2 atom stereocenters. The fourth-order valence-electron chi connectivity index (χ4n) is 3.85. The highest BCUT2D eigenvalue weighted by atomic mass is 16.5. The Bertz CT molecular complexity index is 629. The Hall–Kier alpha value is -1.85. The summed E-state index contributed by atoms with van der Waals surface area (Å²) in [6.45, 7) is 7.43. The molecule has 3 heterocycles. The molecule has 3 aliphatic rings. The normalized spacial score (nSPS) is 26.6. The van der Waals surface area contributed by atoms with E-state index in [-0.39, 0.29) is 0 Å². The molecule has 5 nitrogen and oxygen atoms in total. The lowest BCUT2D eigenvalue weighted by atomic mass is 10.0. The molecule has 0 aliphatic carbocycles. The number of aliphatic imine (C=N–C) groups is 1. The van der Waals surface area contributed by atoms with E-state index < -0.39 is 0 Å². The topological polar surface area (TPSA) is 37.3 Å². The van der Waals surface area contributed by atoms with Crippen LogP contribution in [0.25, 0.3) is 0 Å². The van der Waals surface area contributed by atoms with Crippen LogP contribution in [0.15, 0.2) is 41.2 Å². The van der Waals surface area contributed by atoms with Crippen LogP contribution in [0.1, 0.15) is 19.8 Å². The molecular weight excluding hydrogens is 314 g/mol. The van der Waals surface area contributed by atoms with E-state index in [1.807, 2.05) is 12.4 Å². The quantitative estimate of drug-likeness (QED) is 0.843. The fourth-order valence-corrected chi connectivity index (χ4v) is 3.85.